The first kappa shape index (κ1) is 14.0. The molecule has 1 aromatic carbocycles. The molecule has 20 heavy (non-hydrogen) atoms. The van der Waals surface area contributed by atoms with Crippen LogP contribution in [0.25, 0.3) is 0 Å². The van der Waals surface area contributed by atoms with Crippen molar-refractivity contribution < 1.29 is 9.47 Å². The molecule has 0 unspecified atom stereocenters. The van der Waals surface area contributed by atoms with Gasteiger partial charge in [0.25, 0.3) is 0 Å². The second-order valence-electron chi connectivity index (χ2n) is 3.94. The highest BCUT2D eigenvalue weighted by atomic mass is 16.5. The molecule has 0 amide bonds. The van der Waals surface area contributed by atoms with Crippen molar-refractivity contribution in [2.45, 2.75) is 0 Å². The molecular weight excluding hydrogens is 258 g/mol. The highest BCUT2D eigenvalue weighted by Gasteiger charge is 2.01. The molecule has 0 aliphatic carbocycles. The zero-order chi connectivity index (χ0) is 14.2. The van der Waals surface area contributed by atoms with E-state index >= 15 is 0 Å². The van der Waals surface area contributed by atoms with E-state index in [2.05, 4.69) is 25.8 Å². The smallest absolute Gasteiger partial charge is 0.249 e. The van der Waals surface area contributed by atoms with E-state index in [4.69, 9.17) is 9.47 Å². The van der Waals surface area contributed by atoms with Crippen LogP contribution in [0.4, 0.5) is 17.5 Å². The molecule has 2 rings (SSSR count). The van der Waals surface area contributed by atoms with Gasteiger partial charge < -0.3 is 20.1 Å². The Bertz CT molecular complexity index is 533. The van der Waals surface area contributed by atoms with Crippen LogP contribution < -0.4 is 15.4 Å². The number of hydrogen-bond acceptors (Lipinski definition) is 7. The standard InChI is InChI=1S/C13H17N5O2/c1-19-8-7-14-12-9-15-18-13(17-12)16-10-3-5-11(20-2)6-4-10/h3-6,9H,7-8H2,1-2H3,(H2,14,16,17,18). The molecule has 7 nitrogen and oxygen atoms in total. The van der Waals surface area contributed by atoms with Crippen LogP contribution in [0.2, 0.25) is 0 Å². The van der Waals surface area contributed by atoms with Crippen molar-refractivity contribution in [1.29, 1.82) is 0 Å². The molecule has 0 atom stereocenters. The fourth-order valence-corrected chi connectivity index (χ4v) is 1.53. The van der Waals surface area contributed by atoms with Crippen molar-refractivity contribution in [2.75, 3.05) is 38.0 Å². The molecule has 1 aromatic heterocycles. The molecule has 0 saturated carbocycles. The second-order valence-corrected chi connectivity index (χ2v) is 3.94. The lowest BCUT2D eigenvalue weighted by atomic mass is 10.3. The van der Waals surface area contributed by atoms with E-state index in [1.165, 1.54) is 0 Å². The maximum atomic E-state index is 5.10. The van der Waals surface area contributed by atoms with Crippen LogP contribution in [-0.4, -0.2) is 42.6 Å². The van der Waals surface area contributed by atoms with Gasteiger partial charge in [0.15, 0.2) is 5.82 Å². The van der Waals surface area contributed by atoms with E-state index in [-0.39, 0.29) is 0 Å². The Morgan fingerprint density at radius 3 is 2.65 bits per heavy atom. The van der Waals surface area contributed by atoms with E-state index in [0.29, 0.717) is 24.9 Å². The molecule has 0 aliphatic heterocycles. The van der Waals surface area contributed by atoms with Gasteiger partial charge in [-0.05, 0) is 24.3 Å². The topological polar surface area (TPSA) is 81.2 Å². The summed E-state index contributed by atoms with van der Waals surface area (Å²) in [5.41, 5.74) is 0.863. The van der Waals surface area contributed by atoms with Crippen LogP contribution >= 0.6 is 0 Å². The molecule has 2 N–H and O–H groups in total. The summed E-state index contributed by atoms with van der Waals surface area (Å²) in [7, 11) is 3.28. The summed E-state index contributed by atoms with van der Waals surface area (Å²) >= 11 is 0. The summed E-state index contributed by atoms with van der Waals surface area (Å²) in [6.45, 7) is 1.27. The zero-order valence-corrected chi connectivity index (χ0v) is 11.5. The third-order valence-electron chi connectivity index (χ3n) is 2.52. The van der Waals surface area contributed by atoms with Crippen molar-refractivity contribution in [3.8, 4) is 5.75 Å². The molecule has 106 valence electrons. The van der Waals surface area contributed by atoms with E-state index < -0.39 is 0 Å². The average Bonchev–Trinajstić information content (AvgIpc) is 2.49. The van der Waals surface area contributed by atoms with Crippen LogP contribution in [0.5, 0.6) is 5.75 Å². The molecule has 0 spiro atoms. The molecule has 0 saturated heterocycles. The van der Waals surface area contributed by atoms with Crippen LogP contribution in [0.3, 0.4) is 0 Å². The second kappa shape index (κ2) is 7.25. The Hall–Kier alpha value is -2.41. The number of hydrogen-bond donors (Lipinski definition) is 2. The van der Waals surface area contributed by atoms with Gasteiger partial charge >= 0.3 is 0 Å². The highest BCUT2D eigenvalue weighted by Crippen LogP contribution is 2.17. The number of ether oxygens (including phenoxy) is 2. The Balaban J connectivity index is 1.99. The van der Waals surface area contributed by atoms with Gasteiger partial charge in [0.2, 0.25) is 5.95 Å². The number of methoxy groups -OCH3 is 2. The summed E-state index contributed by atoms with van der Waals surface area (Å²) in [5, 5.41) is 14.0. The number of rotatable bonds is 7. The molecule has 0 fully saturated rings. The Morgan fingerprint density at radius 2 is 1.95 bits per heavy atom. The molecular formula is C13H17N5O2. The fraction of sp³-hybridized carbons (Fsp3) is 0.308. The number of anilines is 3. The predicted octanol–water partition coefficient (Wildman–Crippen LogP) is 1.68. The van der Waals surface area contributed by atoms with E-state index in [1.807, 2.05) is 24.3 Å². The van der Waals surface area contributed by atoms with Crippen LogP contribution in [-0.2, 0) is 4.74 Å². The molecule has 2 aromatic rings. The minimum absolute atomic E-state index is 0.428. The minimum Gasteiger partial charge on any atom is -0.497 e. The summed E-state index contributed by atoms with van der Waals surface area (Å²) in [4.78, 5) is 4.30. The van der Waals surface area contributed by atoms with E-state index in [1.54, 1.807) is 20.4 Å². The summed E-state index contributed by atoms with van der Waals surface area (Å²) in [6, 6.07) is 7.48. The zero-order valence-electron chi connectivity index (χ0n) is 11.5. The van der Waals surface area contributed by atoms with Gasteiger partial charge in [0.1, 0.15) is 5.75 Å². The third-order valence-corrected chi connectivity index (χ3v) is 2.52. The fourth-order valence-electron chi connectivity index (χ4n) is 1.53. The number of benzene rings is 1. The van der Waals surface area contributed by atoms with Gasteiger partial charge in [0.05, 0.1) is 19.9 Å². The first-order valence-electron chi connectivity index (χ1n) is 6.15. The highest BCUT2D eigenvalue weighted by molar-refractivity contribution is 5.55. The van der Waals surface area contributed by atoms with Crippen LogP contribution in [0.15, 0.2) is 30.5 Å². The van der Waals surface area contributed by atoms with E-state index in [0.717, 1.165) is 11.4 Å². The Labute approximate surface area is 117 Å². The molecule has 7 heteroatoms. The van der Waals surface area contributed by atoms with Gasteiger partial charge in [-0.25, -0.2) is 0 Å². The lowest BCUT2D eigenvalue weighted by Gasteiger charge is -2.07. The maximum Gasteiger partial charge on any atom is 0.249 e. The SMILES string of the molecule is COCCNc1cnnc(Nc2ccc(OC)cc2)n1. The average molecular weight is 275 g/mol. The maximum absolute atomic E-state index is 5.10. The van der Waals surface area contributed by atoms with Crippen molar-refractivity contribution in [1.82, 2.24) is 15.2 Å². The van der Waals surface area contributed by atoms with Crippen LogP contribution in [0.1, 0.15) is 0 Å². The third kappa shape index (κ3) is 4.06. The minimum atomic E-state index is 0.428. The monoisotopic (exact) mass is 275 g/mol. The largest absolute Gasteiger partial charge is 0.497 e. The predicted molar refractivity (Wildman–Crippen MR) is 76.5 cm³/mol. The summed E-state index contributed by atoms with van der Waals surface area (Å²) in [5.74, 6) is 1.87. The molecule has 0 radical (unpaired) electrons. The van der Waals surface area contributed by atoms with Crippen molar-refractivity contribution >= 4 is 17.5 Å². The number of nitrogens with zero attached hydrogens (tertiary/aromatic N) is 3. The van der Waals surface area contributed by atoms with Gasteiger partial charge in [0, 0.05) is 19.3 Å². The van der Waals surface area contributed by atoms with Gasteiger partial charge in [-0.1, -0.05) is 0 Å². The molecule has 1 heterocycles. The lowest BCUT2D eigenvalue weighted by molar-refractivity contribution is 0.210. The normalized spacial score (nSPS) is 10.1. The quantitative estimate of drug-likeness (QED) is 0.744. The van der Waals surface area contributed by atoms with Crippen molar-refractivity contribution in [3.05, 3.63) is 30.5 Å². The van der Waals surface area contributed by atoms with Crippen molar-refractivity contribution in [2.24, 2.45) is 0 Å². The number of aromatic nitrogens is 3. The summed E-state index contributed by atoms with van der Waals surface area (Å²) in [6.07, 6.45) is 1.56. The molecule has 0 aliphatic rings. The van der Waals surface area contributed by atoms with Gasteiger partial charge in [-0.15, -0.1) is 5.10 Å². The van der Waals surface area contributed by atoms with Gasteiger partial charge in [-0.2, -0.15) is 10.1 Å². The number of nitrogens with one attached hydrogen (secondary N) is 2. The van der Waals surface area contributed by atoms with Gasteiger partial charge in [-0.3, -0.25) is 0 Å². The Kier molecular flexibility index (Phi) is 5.08. The van der Waals surface area contributed by atoms with Crippen LogP contribution in [0, 0.1) is 0 Å². The van der Waals surface area contributed by atoms with E-state index in [9.17, 15) is 0 Å². The molecule has 0 bridgehead atoms. The summed E-state index contributed by atoms with van der Waals surface area (Å²) < 4.78 is 10.1. The lowest BCUT2D eigenvalue weighted by Crippen LogP contribution is -2.10. The Morgan fingerprint density at radius 1 is 1.15 bits per heavy atom. The first-order chi connectivity index (χ1) is 9.81. The van der Waals surface area contributed by atoms with Crippen molar-refractivity contribution in [3.63, 3.8) is 0 Å². The first-order valence-corrected chi connectivity index (χ1v) is 6.15.